The summed E-state index contributed by atoms with van der Waals surface area (Å²) < 4.78 is 11.7. The standard InChI is InChI=1S/C29H20Cl3N3O3S/c1-2-16-3-10-26-24(13-16)34-28(38-26)21-15-18(5-9-22(21)31)33-29(39)35-27(36)12-7-19-6-11-25(37-19)20-8-4-17(30)14-23(20)32/h3-15H,2H2,1H3,(H2,33,35,36,39)/b12-7+. The lowest BCUT2D eigenvalue weighted by Gasteiger charge is -2.09. The third-order valence-corrected chi connectivity index (χ3v) is 6.86. The maximum atomic E-state index is 12.4. The fourth-order valence-electron chi connectivity index (χ4n) is 3.83. The van der Waals surface area contributed by atoms with E-state index in [0.717, 1.165) is 17.5 Å². The first-order chi connectivity index (χ1) is 18.8. The molecule has 0 saturated heterocycles. The number of aromatic nitrogens is 1. The maximum absolute atomic E-state index is 12.4. The van der Waals surface area contributed by atoms with Crippen LogP contribution in [0.15, 0.2) is 81.6 Å². The number of aryl methyl sites for hydroxylation is 1. The number of fused-ring (bicyclic) bond motifs is 1. The van der Waals surface area contributed by atoms with Crippen LogP contribution in [0.25, 0.3) is 40.0 Å². The Kier molecular flexibility index (Phi) is 8.04. The van der Waals surface area contributed by atoms with E-state index in [4.69, 9.17) is 55.9 Å². The van der Waals surface area contributed by atoms with Gasteiger partial charge in [-0.25, -0.2) is 4.98 Å². The number of nitrogens with one attached hydrogen (secondary N) is 2. The van der Waals surface area contributed by atoms with Crippen LogP contribution in [0.1, 0.15) is 18.2 Å². The molecule has 5 aromatic rings. The van der Waals surface area contributed by atoms with Gasteiger partial charge >= 0.3 is 0 Å². The summed E-state index contributed by atoms with van der Waals surface area (Å²) in [4.78, 5) is 17.0. The molecular formula is C29H20Cl3N3O3S. The van der Waals surface area contributed by atoms with Crippen molar-refractivity contribution in [1.82, 2.24) is 10.3 Å². The minimum Gasteiger partial charge on any atom is -0.457 e. The molecule has 0 spiro atoms. The average Bonchev–Trinajstić information content (AvgIpc) is 3.55. The second-order valence-electron chi connectivity index (χ2n) is 8.47. The van der Waals surface area contributed by atoms with Crippen molar-refractivity contribution in [2.75, 3.05) is 5.32 Å². The normalized spacial score (nSPS) is 11.3. The van der Waals surface area contributed by atoms with Crippen molar-refractivity contribution in [2.45, 2.75) is 13.3 Å². The van der Waals surface area contributed by atoms with E-state index in [1.54, 1.807) is 48.5 Å². The molecule has 39 heavy (non-hydrogen) atoms. The Hall–Kier alpha value is -3.62. The number of amides is 1. The van der Waals surface area contributed by atoms with Crippen molar-refractivity contribution in [3.05, 3.63) is 99.2 Å². The molecule has 6 nitrogen and oxygen atoms in total. The molecular weight excluding hydrogens is 577 g/mol. The molecule has 5 rings (SSSR count). The number of furan rings is 1. The molecule has 10 heteroatoms. The van der Waals surface area contributed by atoms with Crippen LogP contribution in [0, 0.1) is 0 Å². The Labute approximate surface area is 244 Å². The van der Waals surface area contributed by atoms with Crippen LogP contribution in [0.5, 0.6) is 0 Å². The highest BCUT2D eigenvalue weighted by Gasteiger charge is 2.14. The molecule has 2 aromatic heterocycles. The molecule has 196 valence electrons. The van der Waals surface area contributed by atoms with E-state index >= 15 is 0 Å². The third-order valence-electron chi connectivity index (χ3n) is 5.77. The number of thiocarbonyl (C=S) groups is 1. The summed E-state index contributed by atoms with van der Waals surface area (Å²) in [5.74, 6) is 0.978. The summed E-state index contributed by atoms with van der Waals surface area (Å²) in [5, 5.41) is 7.17. The van der Waals surface area contributed by atoms with Gasteiger partial charge in [-0.1, -0.05) is 47.8 Å². The molecule has 2 N–H and O–H groups in total. The number of hydrogen-bond acceptors (Lipinski definition) is 5. The molecule has 0 aliphatic heterocycles. The van der Waals surface area contributed by atoms with Crippen LogP contribution in [-0.4, -0.2) is 16.0 Å². The highest BCUT2D eigenvalue weighted by atomic mass is 35.5. The van der Waals surface area contributed by atoms with Gasteiger partial charge < -0.3 is 14.2 Å². The van der Waals surface area contributed by atoms with E-state index < -0.39 is 5.91 Å². The Morgan fingerprint density at radius 2 is 1.79 bits per heavy atom. The van der Waals surface area contributed by atoms with Gasteiger partial charge in [-0.3, -0.25) is 10.1 Å². The number of anilines is 1. The molecule has 0 radical (unpaired) electrons. The lowest BCUT2D eigenvalue weighted by Crippen LogP contribution is -2.32. The molecule has 0 unspecified atom stereocenters. The summed E-state index contributed by atoms with van der Waals surface area (Å²) in [5.41, 5.74) is 4.49. The summed E-state index contributed by atoms with van der Waals surface area (Å²) in [6.07, 6.45) is 3.75. The van der Waals surface area contributed by atoms with Crippen LogP contribution in [-0.2, 0) is 11.2 Å². The topological polar surface area (TPSA) is 80.3 Å². The Balaban J connectivity index is 1.23. The van der Waals surface area contributed by atoms with Crippen molar-refractivity contribution in [3.8, 4) is 22.8 Å². The quantitative estimate of drug-likeness (QED) is 0.151. The molecule has 0 atom stereocenters. The molecule has 1 amide bonds. The number of halogens is 3. The lowest BCUT2D eigenvalue weighted by atomic mass is 10.1. The fraction of sp³-hybridized carbons (Fsp3) is 0.0690. The van der Waals surface area contributed by atoms with Gasteiger partial charge in [0.05, 0.1) is 15.6 Å². The Morgan fingerprint density at radius 1 is 0.949 bits per heavy atom. The zero-order valence-electron chi connectivity index (χ0n) is 20.4. The predicted octanol–water partition coefficient (Wildman–Crippen LogP) is 8.80. The minimum atomic E-state index is -0.435. The molecule has 0 aliphatic rings. The Morgan fingerprint density at radius 3 is 2.59 bits per heavy atom. The van der Waals surface area contributed by atoms with Gasteiger partial charge in [-0.15, -0.1) is 0 Å². The van der Waals surface area contributed by atoms with Gasteiger partial charge in [-0.05, 0) is 90.9 Å². The molecule has 0 fully saturated rings. The molecule has 0 bridgehead atoms. The number of carbonyl (C=O) groups excluding carboxylic acids is 1. The first-order valence-corrected chi connectivity index (χ1v) is 13.4. The second-order valence-corrected chi connectivity index (χ2v) is 10.1. The van der Waals surface area contributed by atoms with Crippen molar-refractivity contribution >= 4 is 80.9 Å². The van der Waals surface area contributed by atoms with Crippen molar-refractivity contribution in [1.29, 1.82) is 0 Å². The number of rotatable bonds is 6. The monoisotopic (exact) mass is 595 g/mol. The summed E-state index contributed by atoms with van der Waals surface area (Å²) in [6, 6.07) is 19.7. The molecule has 0 aliphatic carbocycles. The molecule has 0 saturated carbocycles. The van der Waals surface area contributed by atoms with E-state index in [-0.39, 0.29) is 5.11 Å². The van der Waals surface area contributed by atoms with E-state index in [0.29, 0.717) is 54.9 Å². The number of benzene rings is 3. The maximum Gasteiger partial charge on any atom is 0.250 e. The first kappa shape index (κ1) is 27.0. The summed E-state index contributed by atoms with van der Waals surface area (Å²) in [7, 11) is 0. The average molecular weight is 597 g/mol. The smallest absolute Gasteiger partial charge is 0.250 e. The van der Waals surface area contributed by atoms with E-state index in [9.17, 15) is 4.79 Å². The van der Waals surface area contributed by atoms with E-state index in [1.165, 1.54) is 12.2 Å². The largest absolute Gasteiger partial charge is 0.457 e. The Bertz CT molecular complexity index is 1740. The summed E-state index contributed by atoms with van der Waals surface area (Å²) in [6.45, 7) is 2.08. The molecule has 3 aromatic carbocycles. The third kappa shape index (κ3) is 6.34. The summed E-state index contributed by atoms with van der Waals surface area (Å²) >= 11 is 23.9. The predicted molar refractivity (Wildman–Crippen MR) is 161 cm³/mol. The lowest BCUT2D eigenvalue weighted by molar-refractivity contribution is -0.115. The van der Waals surface area contributed by atoms with Crippen LogP contribution in [0.4, 0.5) is 5.69 Å². The van der Waals surface area contributed by atoms with Crippen LogP contribution >= 0.6 is 47.0 Å². The minimum absolute atomic E-state index is 0.108. The van der Waals surface area contributed by atoms with E-state index in [1.807, 2.05) is 18.2 Å². The van der Waals surface area contributed by atoms with Crippen LogP contribution in [0.2, 0.25) is 15.1 Å². The van der Waals surface area contributed by atoms with Gasteiger partial charge in [0.15, 0.2) is 10.7 Å². The van der Waals surface area contributed by atoms with Gasteiger partial charge in [0.25, 0.3) is 0 Å². The van der Waals surface area contributed by atoms with Gasteiger partial charge in [-0.2, -0.15) is 0 Å². The number of oxazole rings is 1. The van der Waals surface area contributed by atoms with E-state index in [2.05, 4.69) is 22.5 Å². The SMILES string of the molecule is CCc1ccc2oc(-c3cc(NC(=S)NC(=O)/C=C/c4ccc(-c5ccc(Cl)cc5Cl)o4)ccc3Cl)nc2c1. The van der Waals surface area contributed by atoms with Gasteiger partial charge in [0, 0.05) is 22.3 Å². The van der Waals surface area contributed by atoms with Crippen molar-refractivity contribution in [2.24, 2.45) is 0 Å². The fourth-order valence-corrected chi connectivity index (χ4v) is 4.74. The van der Waals surface area contributed by atoms with Crippen LogP contribution < -0.4 is 10.6 Å². The van der Waals surface area contributed by atoms with Gasteiger partial charge in [0.2, 0.25) is 11.8 Å². The first-order valence-electron chi connectivity index (χ1n) is 11.8. The number of carbonyl (C=O) groups is 1. The molecule has 2 heterocycles. The zero-order valence-corrected chi connectivity index (χ0v) is 23.5. The van der Waals surface area contributed by atoms with Crippen LogP contribution in [0.3, 0.4) is 0 Å². The van der Waals surface area contributed by atoms with Gasteiger partial charge in [0.1, 0.15) is 17.0 Å². The van der Waals surface area contributed by atoms with Crippen molar-refractivity contribution in [3.63, 3.8) is 0 Å². The number of nitrogens with zero attached hydrogens (tertiary/aromatic N) is 1. The van der Waals surface area contributed by atoms with Crippen molar-refractivity contribution < 1.29 is 13.6 Å². The zero-order chi connectivity index (χ0) is 27.5. The number of hydrogen-bond donors (Lipinski definition) is 2. The second kappa shape index (κ2) is 11.6. The highest BCUT2D eigenvalue weighted by molar-refractivity contribution is 7.80. The highest BCUT2D eigenvalue weighted by Crippen LogP contribution is 2.33.